The third-order valence-electron chi connectivity index (χ3n) is 14.3. The van der Waals surface area contributed by atoms with Crippen LogP contribution in [-0.2, 0) is 4.74 Å². The van der Waals surface area contributed by atoms with Crippen LogP contribution in [0.5, 0.6) is 0 Å². The minimum Gasteiger partial charge on any atom is -0.378 e. The molecular formula is C59H59F4N9O5. The molecule has 0 unspecified atom stereocenters. The molecule has 0 bridgehead atoms. The second-order valence-electron chi connectivity index (χ2n) is 19.5. The summed E-state index contributed by atoms with van der Waals surface area (Å²) in [5, 5.41) is 2.93. The summed E-state index contributed by atoms with van der Waals surface area (Å²) in [6.45, 7) is 8.60. The van der Waals surface area contributed by atoms with E-state index in [1.54, 1.807) is 53.4 Å². The van der Waals surface area contributed by atoms with Crippen LogP contribution >= 0.6 is 0 Å². The number of para-hydroxylation sites is 1. The number of morpholine rings is 1. The summed E-state index contributed by atoms with van der Waals surface area (Å²) in [5.41, 5.74) is 6.46. The van der Waals surface area contributed by atoms with Gasteiger partial charge in [0.05, 0.1) is 13.2 Å². The predicted molar refractivity (Wildman–Crippen MR) is 289 cm³/mol. The number of piperazine rings is 1. The quantitative estimate of drug-likeness (QED) is 0.126. The molecule has 0 spiro atoms. The zero-order valence-electron chi connectivity index (χ0n) is 42.4. The maximum atomic E-state index is 13.3. The molecule has 398 valence electrons. The number of H-pyrrole nitrogens is 4. The Labute approximate surface area is 441 Å². The van der Waals surface area contributed by atoms with Crippen molar-refractivity contribution in [2.24, 2.45) is 0 Å². The highest BCUT2D eigenvalue weighted by atomic mass is 19.1. The van der Waals surface area contributed by atoms with E-state index in [0.29, 0.717) is 67.6 Å². The van der Waals surface area contributed by atoms with Crippen LogP contribution in [-0.4, -0.2) is 142 Å². The topological polar surface area (TPSA) is 157 Å². The highest BCUT2D eigenvalue weighted by molar-refractivity contribution is 6.00. The van der Waals surface area contributed by atoms with Crippen molar-refractivity contribution in [1.82, 2.24) is 39.5 Å². The molecule has 14 nitrogen and oxygen atoms in total. The van der Waals surface area contributed by atoms with Crippen LogP contribution in [0.15, 0.2) is 127 Å². The molecule has 4 N–H and O–H groups in total. The Balaban J connectivity index is 0.000000118. The van der Waals surface area contributed by atoms with Gasteiger partial charge in [-0.05, 0) is 141 Å². The second kappa shape index (κ2) is 23.7. The van der Waals surface area contributed by atoms with E-state index in [0.717, 1.165) is 103 Å². The third kappa shape index (κ3) is 12.5. The number of aromatic nitrogens is 4. The monoisotopic (exact) mass is 1050 g/mol. The molecule has 9 aromatic rings. The summed E-state index contributed by atoms with van der Waals surface area (Å²) in [5.74, 6) is -1.21. The number of piperidine rings is 1. The maximum Gasteiger partial charge on any atom is 0.270 e. The minimum atomic E-state index is -0.299. The zero-order valence-corrected chi connectivity index (χ0v) is 42.4. The molecule has 0 atom stereocenters. The molecule has 0 radical (unpaired) electrons. The lowest BCUT2D eigenvalue weighted by atomic mass is 10.1. The van der Waals surface area contributed by atoms with E-state index in [1.165, 1.54) is 60.6 Å². The number of ether oxygens (including phenoxy) is 1. The van der Waals surface area contributed by atoms with Gasteiger partial charge in [-0.1, -0.05) is 18.2 Å². The predicted octanol–water partition coefficient (Wildman–Crippen LogP) is 10.5. The Morgan fingerprint density at radius 2 is 0.662 bits per heavy atom. The van der Waals surface area contributed by atoms with Gasteiger partial charge in [-0.15, -0.1) is 0 Å². The van der Waals surface area contributed by atoms with Crippen molar-refractivity contribution < 1.29 is 41.5 Å². The van der Waals surface area contributed by atoms with Crippen LogP contribution in [0.3, 0.4) is 0 Å². The van der Waals surface area contributed by atoms with Gasteiger partial charge in [0.2, 0.25) is 0 Å². The van der Waals surface area contributed by atoms with Gasteiger partial charge in [0.15, 0.2) is 0 Å². The number of carbonyl (C=O) groups is 4. The fourth-order valence-corrected chi connectivity index (χ4v) is 10.1. The average molecular weight is 1050 g/mol. The number of carbonyl (C=O) groups excluding carboxylic acids is 4. The number of benzene rings is 5. The Morgan fingerprint density at radius 1 is 0.351 bits per heavy atom. The fraction of sp³-hybridized carbons (Fsp3) is 0.288. The Kier molecular flexibility index (Phi) is 16.0. The lowest BCUT2D eigenvalue weighted by Gasteiger charge is -2.36. The van der Waals surface area contributed by atoms with E-state index < -0.39 is 0 Å². The van der Waals surface area contributed by atoms with Gasteiger partial charge in [0, 0.05) is 115 Å². The van der Waals surface area contributed by atoms with E-state index in [4.69, 9.17) is 4.74 Å². The summed E-state index contributed by atoms with van der Waals surface area (Å²) in [4.78, 5) is 71.0. The number of nitrogens with one attached hydrogen (secondary N) is 4. The number of anilines is 1. The number of fused-ring (bicyclic) bond motifs is 4. The number of aromatic amines is 4. The molecule has 0 aliphatic carbocycles. The molecule has 13 rings (SSSR count). The molecule has 4 amide bonds. The van der Waals surface area contributed by atoms with Crippen molar-refractivity contribution in [2.75, 3.05) is 83.6 Å². The number of hydrogen-bond donors (Lipinski definition) is 4. The molecule has 4 aromatic heterocycles. The van der Waals surface area contributed by atoms with Crippen molar-refractivity contribution in [3.05, 3.63) is 173 Å². The van der Waals surface area contributed by atoms with Gasteiger partial charge in [-0.25, -0.2) is 17.6 Å². The number of halogens is 4. The molecule has 4 aliphatic heterocycles. The van der Waals surface area contributed by atoms with Crippen molar-refractivity contribution in [1.29, 1.82) is 0 Å². The molecule has 77 heavy (non-hydrogen) atoms. The fourth-order valence-electron chi connectivity index (χ4n) is 10.1. The van der Waals surface area contributed by atoms with Gasteiger partial charge < -0.3 is 49.2 Å². The SMILES string of the molecule is O=C(c1cc2cc(F)ccc2[nH]1)N1CCCC1.O=C(c1cc2cc(F)ccc2[nH]1)N1CCCCC1.O=C(c1cc2cc(F)ccc2[nH]1)N1CCN(c2ccccc2)CC1.O=C(c1cc2cc(F)ccc2[nH]1)N1CCOCC1. The van der Waals surface area contributed by atoms with Crippen molar-refractivity contribution in [3.8, 4) is 0 Å². The largest absolute Gasteiger partial charge is 0.378 e. The van der Waals surface area contributed by atoms with Crippen molar-refractivity contribution >= 4 is 72.9 Å². The minimum absolute atomic E-state index is 0.0131. The Hall–Kier alpha value is -8.38. The molecule has 0 saturated carbocycles. The summed E-state index contributed by atoms with van der Waals surface area (Å²) in [6, 6.07) is 35.0. The highest BCUT2D eigenvalue weighted by Gasteiger charge is 2.25. The lowest BCUT2D eigenvalue weighted by molar-refractivity contribution is 0.0299. The van der Waals surface area contributed by atoms with Crippen LogP contribution in [0.1, 0.15) is 74.1 Å². The normalized spacial score (nSPS) is 15.7. The number of amides is 4. The third-order valence-corrected chi connectivity index (χ3v) is 14.3. The molecule has 4 saturated heterocycles. The zero-order chi connectivity index (χ0) is 53.4. The van der Waals surface area contributed by atoms with Gasteiger partial charge >= 0.3 is 0 Å². The number of rotatable bonds is 5. The Bertz CT molecular complexity index is 3420. The summed E-state index contributed by atoms with van der Waals surface area (Å²) >= 11 is 0. The molecule has 4 fully saturated rings. The van der Waals surface area contributed by atoms with Crippen molar-refractivity contribution in [2.45, 2.75) is 32.1 Å². The molecular weight excluding hydrogens is 991 g/mol. The van der Waals surface area contributed by atoms with E-state index >= 15 is 0 Å². The molecule has 4 aliphatic rings. The van der Waals surface area contributed by atoms with E-state index in [1.807, 2.05) is 32.9 Å². The van der Waals surface area contributed by atoms with Crippen LogP contribution in [0, 0.1) is 23.3 Å². The van der Waals surface area contributed by atoms with Crippen LogP contribution in [0.2, 0.25) is 0 Å². The first-order chi connectivity index (χ1) is 37.4. The first kappa shape index (κ1) is 52.1. The van der Waals surface area contributed by atoms with E-state index in [-0.39, 0.29) is 46.9 Å². The maximum absolute atomic E-state index is 13.3. The van der Waals surface area contributed by atoms with E-state index in [9.17, 15) is 36.7 Å². The highest BCUT2D eigenvalue weighted by Crippen LogP contribution is 2.24. The first-order valence-electron chi connectivity index (χ1n) is 26.1. The number of nitrogens with zero attached hydrogens (tertiary/aromatic N) is 5. The van der Waals surface area contributed by atoms with Gasteiger partial charge in [0.1, 0.15) is 46.0 Å². The van der Waals surface area contributed by atoms with Crippen LogP contribution in [0.25, 0.3) is 43.6 Å². The van der Waals surface area contributed by atoms with Gasteiger partial charge in [-0.3, -0.25) is 19.2 Å². The van der Waals surface area contributed by atoms with E-state index in [2.05, 4.69) is 37.0 Å². The first-order valence-corrected chi connectivity index (χ1v) is 26.1. The lowest BCUT2D eigenvalue weighted by Crippen LogP contribution is -2.48. The summed E-state index contributed by atoms with van der Waals surface area (Å²) < 4.78 is 57.7. The molecule has 8 heterocycles. The number of hydrogen-bond acceptors (Lipinski definition) is 6. The summed E-state index contributed by atoms with van der Waals surface area (Å²) in [6.07, 6.45) is 5.48. The second-order valence-corrected chi connectivity index (χ2v) is 19.5. The Morgan fingerprint density at radius 3 is 1.01 bits per heavy atom. The van der Waals surface area contributed by atoms with Gasteiger partial charge in [-0.2, -0.15) is 0 Å². The standard InChI is InChI=1S/C19H18FN3O.C14H15FN2O.C13H13FN2O2.C13H13FN2O/c20-15-6-7-17-14(12-15)13-18(21-17)19(24)23-10-8-22(9-11-23)16-4-2-1-3-5-16;15-11-4-5-12-10(8-11)9-13(16-12)14(18)17-6-2-1-3-7-17;14-10-1-2-11-9(7-10)8-12(15-11)13(17)16-3-5-18-6-4-16;14-10-3-4-11-9(7-10)8-12(15-11)13(17)16-5-1-2-6-16/h1-7,12-13,21H,8-11H2;4-5,8-9,16H,1-3,6-7H2;1-2,7-8,15H,3-6H2;3-4,7-8,15H,1-2,5-6H2. The van der Waals surface area contributed by atoms with Crippen LogP contribution < -0.4 is 4.90 Å². The van der Waals surface area contributed by atoms with Crippen LogP contribution in [0.4, 0.5) is 23.2 Å². The number of likely N-dealkylation sites (tertiary alicyclic amines) is 2. The van der Waals surface area contributed by atoms with Crippen molar-refractivity contribution in [3.63, 3.8) is 0 Å². The average Bonchev–Trinajstić information content (AvgIpc) is 4.35. The summed E-state index contributed by atoms with van der Waals surface area (Å²) in [7, 11) is 0. The smallest absolute Gasteiger partial charge is 0.270 e. The molecule has 5 aromatic carbocycles. The van der Waals surface area contributed by atoms with Gasteiger partial charge in [0.25, 0.3) is 23.6 Å². The molecule has 18 heteroatoms.